The minimum Gasteiger partial charge on any atom is -0.396 e. The SMILES string of the molecule is Cc1nccc(C[C@@H]2[C@@H](CO)[C@H](O)C[C@H]2NCc2ccccn2)n1. The first-order valence-corrected chi connectivity index (χ1v) is 8.38. The zero-order valence-corrected chi connectivity index (χ0v) is 13.8. The zero-order chi connectivity index (χ0) is 16.9. The van der Waals surface area contributed by atoms with Crippen LogP contribution in [0.3, 0.4) is 0 Å². The van der Waals surface area contributed by atoms with E-state index < -0.39 is 6.10 Å². The molecule has 24 heavy (non-hydrogen) atoms. The van der Waals surface area contributed by atoms with Crippen molar-refractivity contribution in [3.8, 4) is 0 Å². The largest absolute Gasteiger partial charge is 0.396 e. The Balaban J connectivity index is 1.71. The average Bonchev–Trinajstić information content (AvgIpc) is 2.88. The predicted molar refractivity (Wildman–Crippen MR) is 90.0 cm³/mol. The fourth-order valence-electron chi connectivity index (χ4n) is 3.58. The summed E-state index contributed by atoms with van der Waals surface area (Å²) in [6.45, 7) is 2.50. The van der Waals surface area contributed by atoms with Gasteiger partial charge in [-0.3, -0.25) is 4.98 Å². The summed E-state index contributed by atoms with van der Waals surface area (Å²) in [7, 11) is 0. The first-order valence-electron chi connectivity index (χ1n) is 8.38. The number of hydrogen-bond donors (Lipinski definition) is 3. The number of aliphatic hydroxyl groups is 2. The van der Waals surface area contributed by atoms with Crippen molar-refractivity contribution in [2.24, 2.45) is 11.8 Å². The maximum atomic E-state index is 10.3. The van der Waals surface area contributed by atoms with Crippen LogP contribution in [0.15, 0.2) is 36.7 Å². The highest BCUT2D eigenvalue weighted by Gasteiger charge is 2.41. The molecule has 2 aromatic rings. The van der Waals surface area contributed by atoms with E-state index in [1.807, 2.05) is 31.2 Å². The van der Waals surface area contributed by atoms with Crippen LogP contribution in [-0.4, -0.2) is 43.9 Å². The molecule has 6 heteroatoms. The summed E-state index contributed by atoms with van der Waals surface area (Å²) in [6, 6.07) is 7.86. The number of pyridine rings is 1. The quantitative estimate of drug-likeness (QED) is 0.729. The number of rotatable bonds is 6. The number of hydrogen-bond acceptors (Lipinski definition) is 6. The van der Waals surface area contributed by atoms with E-state index in [0.29, 0.717) is 19.4 Å². The lowest BCUT2D eigenvalue weighted by atomic mass is 9.89. The van der Waals surface area contributed by atoms with Crippen molar-refractivity contribution >= 4 is 0 Å². The van der Waals surface area contributed by atoms with E-state index >= 15 is 0 Å². The lowest BCUT2D eigenvalue weighted by Gasteiger charge is -2.24. The summed E-state index contributed by atoms with van der Waals surface area (Å²) in [6.07, 6.45) is 4.38. The Morgan fingerprint density at radius 3 is 2.71 bits per heavy atom. The molecule has 0 unspecified atom stereocenters. The Morgan fingerprint density at radius 2 is 2.00 bits per heavy atom. The maximum absolute atomic E-state index is 10.3. The van der Waals surface area contributed by atoms with Crippen molar-refractivity contribution in [2.75, 3.05) is 6.61 Å². The Morgan fingerprint density at radius 1 is 1.12 bits per heavy atom. The highest BCUT2D eigenvalue weighted by Crippen LogP contribution is 2.34. The molecule has 0 aliphatic heterocycles. The van der Waals surface area contributed by atoms with Crippen LogP contribution in [0.5, 0.6) is 0 Å². The van der Waals surface area contributed by atoms with Gasteiger partial charge in [-0.15, -0.1) is 0 Å². The summed E-state index contributed by atoms with van der Waals surface area (Å²) in [5, 5.41) is 23.5. The topological polar surface area (TPSA) is 91.2 Å². The monoisotopic (exact) mass is 328 g/mol. The lowest BCUT2D eigenvalue weighted by molar-refractivity contribution is 0.0716. The van der Waals surface area contributed by atoms with Crippen LogP contribution in [0.2, 0.25) is 0 Å². The number of aliphatic hydroxyl groups excluding tert-OH is 2. The van der Waals surface area contributed by atoms with Gasteiger partial charge in [0.1, 0.15) is 5.82 Å². The second kappa shape index (κ2) is 7.79. The molecule has 128 valence electrons. The molecule has 0 aromatic carbocycles. The molecule has 1 aliphatic carbocycles. The third-order valence-corrected chi connectivity index (χ3v) is 4.82. The maximum Gasteiger partial charge on any atom is 0.125 e. The van der Waals surface area contributed by atoms with Crippen LogP contribution in [-0.2, 0) is 13.0 Å². The van der Waals surface area contributed by atoms with Crippen molar-refractivity contribution < 1.29 is 10.2 Å². The third kappa shape index (κ3) is 3.95. The highest BCUT2D eigenvalue weighted by molar-refractivity contribution is 5.08. The molecule has 0 spiro atoms. The summed E-state index contributed by atoms with van der Waals surface area (Å²) < 4.78 is 0. The van der Waals surface area contributed by atoms with Crippen LogP contribution < -0.4 is 5.32 Å². The van der Waals surface area contributed by atoms with Gasteiger partial charge in [-0.25, -0.2) is 9.97 Å². The summed E-state index contributed by atoms with van der Waals surface area (Å²) in [4.78, 5) is 12.9. The van der Waals surface area contributed by atoms with E-state index in [2.05, 4.69) is 20.3 Å². The van der Waals surface area contributed by atoms with Gasteiger partial charge < -0.3 is 15.5 Å². The van der Waals surface area contributed by atoms with Crippen LogP contribution in [0.25, 0.3) is 0 Å². The van der Waals surface area contributed by atoms with Gasteiger partial charge in [-0.1, -0.05) is 6.07 Å². The first kappa shape index (κ1) is 17.0. The fraction of sp³-hybridized carbons (Fsp3) is 0.500. The molecule has 1 saturated carbocycles. The molecule has 0 radical (unpaired) electrons. The molecule has 6 nitrogen and oxygen atoms in total. The third-order valence-electron chi connectivity index (χ3n) is 4.82. The molecule has 4 atom stereocenters. The minimum absolute atomic E-state index is 0.0162. The van der Waals surface area contributed by atoms with E-state index in [0.717, 1.165) is 17.2 Å². The Bertz CT molecular complexity index is 652. The molecule has 0 bridgehead atoms. The summed E-state index contributed by atoms with van der Waals surface area (Å²) in [5.74, 6) is 0.731. The van der Waals surface area contributed by atoms with E-state index in [9.17, 15) is 10.2 Å². The molecule has 0 saturated heterocycles. The predicted octanol–water partition coefficient (Wildman–Crippen LogP) is 0.870. The molecular weight excluding hydrogens is 304 g/mol. The standard InChI is InChI=1S/C18H24N4O2/c1-12-19-7-5-13(22-12)8-15-16(11-23)18(24)9-17(15)21-10-14-4-2-3-6-20-14/h2-7,15-18,21,23-24H,8-11H2,1H3/t15-,16-,17-,18-/m1/s1. The van der Waals surface area contributed by atoms with Gasteiger partial charge in [0.05, 0.1) is 11.8 Å². The van der Waals surface area contributed by atoms with Crippen LogP contribution in [0.1, 0.15) is 23.6 Å². The van der Waals surface area contributed by atoms with Gasteiger partial charge >= 0.3 is 0 Å². The smallest absolute Gasteiger partial charge is 0.125 e. The lowest BCUT2D eigenvalue weighted by Crippen LogP contribution is -2.36. The Labute approximate surface area is 142 Å². The summed E-state index contributed by atoms with van der Waals surface area (Å²) >= 11 is 0. The molecule has 3 rings (SSSR count). The van der Waals surface area contributed by atoms with E-state index in [1.165, 1.54) is 0 Å². The molecule has 3 N–H and O–H groups in total. The van der Waals surface area contributed by atoms with Crippen molar-refractivity contribution in [3.63, 3.8) is 0 Å². The van der Waals surface area contributed by atoms with Gasteiger partial charge in [0.25, 0.3) is 0 Å². The Hall–Kier alpha value is -1.89. The Kier molecular flexibility index (Phi) is 5.50. The number of aromatic nitrogens is 3. The van der Waals surface area contributed by atoms with Crippen molar-refractivity contribution in [2.45, 2.75) is 38.5 Å². The fourth-order valence-corrected chi connectivity index (χ4v) is 3.58. The van der Waals surface area contributed by atoms with E-state index in [-0.39, 0.29) is 24.5 Å². The molecule has 0 amide bonds. The van der Waals surface area contributed by atoms with Crippen molar-refractivity contribution in [3.05, 3.63) is 53.9 Å². The zero-order valence-electron chi connectivity index (χ0n) is 13.8. The molecule has 1 aliphatic rings. The molecular formula is C18H24N4O2. The average molecular weight is 328 g/mol. The normalized spacial score (nSPS) is 26.6. The van der Waals surface area contributed by atoms with Crippen LogP contribution in [0, 0.1) is 18.8 Å². The van der Waals surface area contributed by atoms with Crippen molar-refractivity contribution in [1.29, 1.82) is 0 Å². The van der Waals surface area contributed by atoms with Gasteiger partial charge in [-0.05, 0) is 43.9 Å². The number of nitrogens with zero attached hydrogens (tertiary/aromatic N) is 3. The van der Waals surface area contributed by atoms with Gasteiger partial charge in [0.15, 0.2) is 0 Å². The highest BCUT2D eigenvalue weighted by atomic mass is 16.3. The molecule has 1 fully saturated rings. The summed E-state index contributed by atoms with van der Waals surface area (Å²) in [5.41, 5.74) is 1.92. The van der Waals surface area contributed by atoms with Crippen LogP contribution in [0.4, 0.5) is 0 Å². The second-order valence-electron chi connectivity index (χ2n) is 6.42. The number of nitrogens with one attached hydrogen (secondary N) is 1. The van der Waals surface area contributed by atoms with E-state index in [1.54, 1.807) is 12.4 Å². The second-order valence-corrected chi connectivity index (χ2v) is 6.42. The van der Waals surface area contributed by atoms with Gasteiger partial charge in [0, 0.05) is 43.2 Å². The molecule has 2 aromatic heterocycles. The first-order chi connectivity index (χ1) is 11.7. The van der Waals surface area contributed by atoms with E-state index in [4.69, 9.17) is 0 Å². The van der Waals surface area contributed by atoms with Crippen LogP contribution >= 0.6 is 0 Å². The minimum atomic E-state index is -0.496. The molecule has 2 heterocycles. The van der Waals surface area contributed by atoms with Gasteiger partial charge in [0.2, 0.25) is 0 Å². The number of aryl methyl sites for hydroxylation is 1. The van der Waals surface area contributed by atoms with Gasteiger partial charge in [-0.2, -0.15) is 0 Å². The van der Waals surface area contributed by atoms with Crippen molar-refractivity contribution in [1.82, 2.24) is 20.3 Å².